The maximum atomic E-state index is 12.2. The van der Waals surface area contributed by atoms with Crippen molar-refractivity contribution >= 4 is 35.0 Å². The smallest absolute Gasteiger partial charge is 0.234 e. The largest absolute Gasteiger partial charge is 0.369 e. The van der Waals surface area contributed by atoms with E-state index in [1.807, 2.05) is 11.8 Å². The second-order valence-electron chi connectivity index (χ2n) is 5.93. The minimum Gasteiger partial charge on any atom is -0.369 e. The average Bonchev–Trinajstić information content (AvgIpc) is 2.47. The van der Waals surface area contributed by atoms with E-state index in [2.05, 4.69) is 5.32 Å². The third kappa shape index (κ3) is 5.09. The van der Waals surface area contributed by atoms with E-state index in [1.54, 1.807) is 18.2 Å². The molecule has 1 saturated heterocycles. The van der Waals surface area contributed by atoms with E-state index in [0.717, 1.165) is 24.9 Å². The van der Waals surface area contributed by atoms with Crippen LogP contribution in [0, 0.1) is 5.92 Å². The zero-order valence-electron chi connectivity index (χ0n) is 13.0. The minimum absolute atomic E-state index is 0.103. The average molecular weight is 358 g/mol. The van der Waals surface area contributed by atoms with Crippen molar-refractivity contribution in [2.24, 2.45) is 11.7 Å². The van der Waals surface area contributed by atoms with E-state index >= 15 is 0 Å². The van der Waals surface area contributed by atoms with E-state index in [1.165, 1.54) is 0 Å². The first kappa shape index (κ1) is 18.0. The van der Waals surface area contributed by atoms with Crippen LogP contribution in [0.4, 0.5) is 0 Å². The lowest BCUT2D eigenvalue weighted by Gasteiger charge is -2.30. The highest BCUT2D eigenvalue weighted by Gasteiger charge is 2.25. The van der Waals surface area contributed by atoms with E-state index in [4.69, 9.17) is 28.9 Å². The highest BCUT2D eigenvalue weighted by molar-refractivity contribution is 6.35. The summed E-state index contributed by atoms with van der Waals surface area (Å²) in [6.07, 6.45) is 1.67. The van der Waals surface area contributed by atoms with Crippen molar-refractivity contribution in [2.45, 2.75) is 25.8 Å². The lowest BCUT2D eigenvalue weighted by Crippen LogP contribution is -2.45. The lowest BCUT2D eigenvalue weighted by atomic mass is 9.97. The first-order valence-electron chi connectivity index (χ1n) is 7.63. The summed E-state index contributed by atoms with van der Waals surface area (Å²) < 4.78 is 0. The predicted octanol–water partition coefficient (Wildman–Crippen LogP) is 2.37. The van der Waals surface area contributed by atoms with Crippen LogP contribution in [-0.2, 0) is 9.59 Å². The first-order valence-corrected chi connectivity index (χ1v) is 8.38. The molecule has 2 atom stereocenters. The second kappa shape index (κ2) is 7.99. The number of hydrogen-bond acceptors (Lipinski definition) is 3. The van der Waals surface area contributed by atoms with Crippen LogP contribution in [-0.4, -0.2) is 36.3 Å². The summed E-state index contributed by atoms with van der Waals surface area (Å²) in [5, 5.41) is 4.01. The van der Waals surface area contributed by atoms with Crippen LogP contribution < -0.4 is 11.1 Å². The Hall–Kier alpha value is -1.30. The molecule has 1 aliphatic heterocycles. The molecule has 3 N–H and O–H groups in total. The Bertz CT molecular complexity index is 595. The summed E-state index contributed by atoms with van der Waals surface area (Å²) >= 11 is 12.0. The van der Waals surface area contributed by atoms with Gasteiger partial charge in [0.05, 0.1) is 18.5 Å². The molecule has 2 amide bonds. The number of benzene rings is 1. The van der Waals surface area contributed by atoms with Crippen LogP contribution in [0.5, 0.6) is 0 Å². The van der Waals surface area contributed by atoms with Crippen LogP contribution in [0.1, 0.15) is 31.4 Å². The maximum absolute atomic E-state index is 12.2. The van der Waals surface area contributed by atoms with Gasteiger partial charge in [0.25, 0.3) is 0 Å². The second-order valence-corrected chi connectivity index (χ2v) is 6.78. The minimum atomic E-state index is -0.295. The molecule has 0 bridgehead atoms. The molecule has 5 nitrogen and oxygen atoms in total. The number of rotatable bonds is 5. The Morgan fingerprint density at radius 3 is 2.83 bits per heavy atom. The molecule has 1 heterocycles. The standard InChI is InChI=1S/C16H21Cl2N3O2/c1-10(13-5-4-12(17)7-14(13)18)20-15(22)9-21-6-2-3-11(8-21)16(19)23/h4-5,7,10-11H,2-3,6,8-9H2,1H3,(H2,19,23)(H,20,22)/t10-,11-/m0/s1. The lowest BCUT2D eigenvalue weighted by molar-refractivity contribution is -0.127. The summed E-state index contributed by atoms with van der Waals surface area (Å²) in [7, 11) is 0. The monoisotopic (exact) mass is 357 g/mol. The van der Waals surface area contributed by atoms with E-state index in [9.17, 15) is 9.59 Å². The summed E-state index contributed by atoms with van der Waals surface area (Å²) in [4.78, 5) is 25.5. The highest BCUT2D eigenvalue weighted by atomic mass is 35.5. The Morgan fingerprint density at radius 2 is 2.17 bits per heavy atom. The van der Waals surface area contributed by atoms with Crippen LogP contribution in [0.15, 0.2) is 18.2 Å². The number of nitrogens with two attached hydrogens (primary N) is 1. The summed E-state index contributed by atoms with van der Waals surface area (Å²) in [5.41, 5.74) is 6.17. The molecule has 0 aliphatic carbocycles. The molecule has 126 valence electrons. The van der Waals surface area contributed by atoms with Gasteiger partial charge in [-0.3, -0.25) is 14.5 Å². The zero-order valence-corrected chi connectivity index (χ0v) is 14.5. The Kier molecular flexibility index (Phi) is 6.27. The van der Waals surface area contributed by atoms with Gasteiger partial charge in [-0.1, -0.05) is 29.3 Å². The Morgan fingerprint density at radius 1 is 1.43 bits per heavy atom. The van der Waals surface area contributed by atoms with Gasteiger partial charge in [-0.15, -0.1) is 0 Å². The molecular formula is C16H21Cl2N3O2. The van der Waals surface area contributed by atoms with Crippen molar-refractivity contribution < 1.29 is 9.59 Å². The Balaban J connectivity index is 1.90. The molecular weight excluding hydrogens is 337 g/mol. The first-order chi connectivity index (χ1) is 10.9. The molecule has 0 radical (unpaired) electrons. The number of amides is 2. The summed E-state index contributed by atoms with van der Waals surface area (Å²) in [5.74, 6) is -0.565. The van der Waals surface area contributed by atoms with Crippen molar-refractivity contribution in [2.75, 3.05) is 19.6 Å². The van der Waals surface area contributed by atoms with Crippen LogP contribution in [0.25, 0.3) is 0 Å². The molecule has 1 aliphatic rings. The van der Waals surface area contributed by atoms with Crippen molar-refractivity contribution in [1.82, 2.24) is 10.2 Å². The molecule has 1 fully saturated rings. The third-order valence-corrected chi connectivity index (χ3v) is 4.64. The van der Waals surface area contributed by atoms with Gasteiger partial charge in [0, 0.05) is 16.6 Å². The normalized spacial score (nSPS) is 20.0. The SMILES string of the molecule is C[C@H](NC(=O)CN1CCC[C@H](C(N)=O)C1)c1ccc(Cl)cc1Cl. The van der Waals surface area contributed by atoms with Crippen LogP contribution >= 0.6 is 23.2 Å². The highest BCUT2D eigenvalue weighted by Crippen LogP contribution is 2.26. The molecule has 2 rings (SSSR count). The fraction of sp³-hybridized carbons (Fsp3) is 0.500. The summed E-state index contributed by atoms with van der Waals surface area (Å²) in [6, 6.07) is 4.99. The zero-order chi connectivity index (χ0) is 17.0. The van der Waals surface area contributed by atoms with Crippen LogP contribution in [0.2, 0.25) is 10.0 Å². The summed E-state index contributed by atoms with van der Waals surface area (Å²) in [6.45, 7) is 3.46. The fourth-order valence-corrected chi connectivity index (χ4v) is 3.42. The van der Waals surface area contributed by atoms with Crippen LogP contribution in [0.3, 0.4) is 0 Å². The topological polar surface area (TPSA) is 75.4 Å². The molecule has 0 aromatic heterocycles. The fourth-order valence-electron chi connectivity index (χ4n) is 2.85. The van der Waals surface area contributed by atoms with Gasteiger partial charge < -0.3 is 11.1 Å². The van der Waals surface area contributed by atoms with Crippen molar-refractivity contribution in [3.8, 4) is 0 Å². The quantitative estimate of drug-likeness (QED) is 0.849. The van der Waals surface area contributed by atoms with Crippen molar-refractivity contribution in [3.05, 3.63) is 33.8 Å². The number of likely N-dealkylation sites (tertiary alicyclic amines) is 1. The molecule has 1 aromatic carbocycles. The molecule has 7 heteroatoms. The van der Waals surface area contributed by atoms with Gasteiger partial charge in [0.1, 0.15) is 0 Å². The van der Waals surface area contributed by atoms with E-state index in [-0.39, 0.29) is 30.3 Å². The Labute approximate surface area is 146 Å². The molecule has 1 aromatic rings. The maximum Gasteiger partial charge on any atom is 0.234 e. The van der Waals surface area contributed by atoms with Gasteiger partial charge in [0.15, 0.2) is 0 Å². The third-order valence-electron chi connectivity index (χ3n) is 4.08. The van der Waals surface area contributed by atoms with Gasteiger partial charge in [-0.2, -0.15) is 0 Å². The number of nitrogens with one attached hydrogen (secondary N) is 1. The van der Waals surface area contributed by atoms with Gasteiger partial charge in [-0.25, -0.2) is 0 Å². The number of carbonyl (C=O) groups excluding carboxylic acids is 2. The van der Waals surface area contributed by atoms with Crippen molar-refractivity contribution in [1.29, 1.82) is 0 Å². The number of primary amides is 1. The number of hydrogen-bond donors (Lipinski definition) is 2. The van der Waals surface area contributed by atoms with E-state index < -0.39 is 0 Å². The van der Waals surface area contributed by atoms with Crippen molar-refractivity contribution in [3.63, 3.8) is 0 Å². The van der Waals surface area contributed by atoms with Gasteiger partial charge >= 0.3 is 0 Å². The molecule has 0 unspecified atom stereocenters. The number of halogens is 2. The van der Waals surface area contributed by atoms with Gasteiger partial charge in [-0.05, 0) is 44.0 Å². The predicted molar refractivity (Wildman–Crippen MR) is 91.4 cm³/mol. The number of piperidine rings is 1. The number of nitrogens with zero attached hydrogens (tertiary/aromatic N) is 1. The van der Waals surface area contributed by atoms with E-state index in [0.29, 0.717) is 16.6 Å². The molecule has 0 saturated carbocycles. The molecule has 0 spiro atoms. The van der Waals surface area contributed by atoms with Gasteiger partial charge in [0.2, 0.25) is 11.8 Å². The number of carbonyl (C=O) groups is 2. The molecule has 23 heavy (non-hydrogen) atoms.